The summed E-state index contributed by atoms with van der Waals surface area (Å²) >= 11 is 12.0. The molecule has 3 aromatic carbocycles. The molecule has 0 saturated heterocycles. The quantitative estimate of drug-likeness (QED) is 0.184. The van der Waals surface area contributed by atoms with Gasteiger partial charge in [0.05, 0.1) is 12.0 Å². The molecule has 0 aliphatic carbocycles. The van der Waals surface area contributed by atoms with E-state index in [4.69, 9.17) is 28.9 Å². The number of rotatable bonds is 8. The summed E-state index contributed by atoms with van der Waals surface area (Å²) in [4.78, 5) is 46.3. The monoisotopic (exact) mass is 586 g/mol. The molecule has 41 heavy (non-hydrogen) atoms. The van der Waals surface area contributed by atoms with Gasteiger partial charge in [0.1, 0.15) is 11.2 Å². The molecule has 5 rings (SSSR count). The van der Waals surface area contributed by atoms with Crippen LogP contribution in [0.1, 0.15) is 11.6 Å². The summed E-state index contributed by atoms with van der Waals surface area (Å²) in [5.74, 6) is -0.414. The van der Waals surface area contributed by atoms with E-state index in [-0.39, 0.29) is 17.1 Å². The van der Waals surface area contributed by atoms with Gasteiger partial charge < -0.3 is 21.4 Å². The highest BCUT2D eigenvalue weighted by atomic mass is 35.5. The Morgan fingerprint density at radius 3 is 2.61 bits per heavy atom. The van der Waals surface area contributed by atoms with Crippen molar-refractivity contribution in [1.29, 1.82) is 0 Å². The maximum atomic E-state index is 13.7. The van der Waals surface area contributed by atoms with Crippen molar-refractivity contribution in [1.82, 2.24) is 14.5 Å². The van der Waals surface area contributed by atoms with Crippen LogP contribution in [0.4, 0.5) is 11.4 Å². The summed E-state index contributed by atoms with van der Waals surface area (Å²) < 4.78 is 1.30. The highest BCUT2D eigenvalue weighted by molar-refractivity contribution is 6.31. The average molecular weight is 587 g/mol. The van der Waals surface area contributed by atoms with Crippen molar-refractivity contribution in [3.05, 3.63) is 134 Å². The Hall–Kier alpha value is -4.86. The fourth-order valence-corrected chi connectivity index (χ4v) is 4.67. The molecule has 1 amide bonds. The number of carbonyl (C=O) groups excluding carboxylic acids is 1. The van der Waals surface area contributed by atoms with E-state index in [0.717, 1.165) is 5.56 Å². The van der Waals surface area contributed by atoms with Crippen LogP contribution in [-0.4, -0.2) is 20.4 Å². The third-order valence-electron chi connectivity index (χ3n) is 6.41. The summed E-state index contributed by atoms with van der Waals surface area (Å²) in [6.45, 7) is 0. The minimum absolute atomic E-state index is 0.0438. The number of aromatic amines is 1. The lowest BCUT2D eigenvalue weighted by Gasteiger charge is -2.20. The molecule has 0 spiro atoms. The molecule has 11 heteroatoms. The van der Waals surface area contributed by atoms with Gasteiger partial charge in [0.2, 0.25) is 5.91 Å². The van der Waals surface area contributed by atoms with Crippen LogP contribution in [-0.2, 0) is 11.2 Å². The lowest BCUT2D eigenvalue weighted by atomic mass is 10.0. The fraction of sp³-hybridized carbons (Fsp3) is 0.0667. The maximum Gasteiger partial charge on any atom is 0.255 e. The van der Waals surface area contributed by atoms with E-state index < -0.39 is 17.5 Å². The van der Waals surface area contributed by atoms with Crippen molar-refractivity contribution in [2.45, 2.75) is 12.5 Å². The van der Waals surface area contributed by atoms with Crippen LogP contribution in [0.15, 0.2) is 112 Å². The van der Waals surface area contributed by atoms with Gasteiger partial charge in [0.15, 0.2) is 0 Å². The molecule has 2 heterocycles. The van der Waals surface area contributed by atoms with Gasteiger partial charge in [0, 0.05) is 52.2 Å². The Balaban J connectivity index is 1.51. The molecule has 0 bridgehead atoms. The topological polar surface area (TPSA) is 135 Å². The normalized spacial score (nSPS) is 12.2. The minimum atomic E-state index is -0.919. The number of anilines is 2. The second kappa shape index (κ2) is 12.1. The molecule has 5 aromatic rings. The van der Waals surface area contributed by atoms with Crippen LogP contribution in [0.3, 0.4) is 0 Å². The highest BCUT2D eigenvalue weighted by Gasteiger charge is 2.23. The van der Waals surface area contributed by atoms with E-state index in [1.54, 1.807) is 48.7 Å². The van der Waals surface area contributed by atoms with Crippen LogP contribution in [0.2, 0.25) is 5.02 Å². The molecule has 0 fully saturated rings. The number of aromatic nitrogens is 3. The molecule has 1 atom stereocenters. The van der Waals surface area contributed by atoms with Crippen molar-refractivity contribution < 1.29 is 4.79 Å². The molecule has 5 N–H and O–H groups in total. The van der Waals surface area contributed by atoms with Crippen molar-refractivity contribution in [2.75, 3.05) is 10.6 Å². The highest BCUT2D eigenvalue weighted by Crippen LogP contribution is 2.29. The van der Waals surface area contributed by atoms with Crippen LogP contribution in [0.5, 0.6) is 0 Å². The van der Waals surface area contributed by atoms with Crippen LogP contribution in [0.25, 0.3) is 22.0 Å². The van der Waals surface area contributed by atoms with Crippen molar-refractivity contribution in [2.24, 2.45) is 5.73 Å². The Labute approximate surface area is 244 Å². The molecule has 206 valence electrons. The van der Waals surface area contributed by atoms with Crippen LogP contribution in [0, 0.1) is 0 Å². The van der Waals surface area contributed by atoms with E-state index in [1.807, 2.05) is 30.3 Å². The van der Waals surface area contributed by atoms with E-state index in [0.29, 0.717) is 38.4 Å². The second-order valence-electron chi connectivity index (χ2n) is 9.19. The predicted octanol–water partition coefficient (Wildman–Crippen LogP) is 5.24. The number of benzene rings is 3. The lowest BCUT2D eigenvalue weighted by Crippen LogP contribution is -2.34. The number of hydrogen-bond acceptors (Lipinski definition) is 6. The van der Waals surface area contributed by atoms with Crippen molar-refractivity contribution >= 4 is 51.3 Å². The number of fused-ring (bicyclic) bond motifs is 1. The molecule has 2 aromatic heterocycles. The number of hydrogen-bond donors (Lipinski definition) is 4. The third-order valence-corrected chi connectivity index (χ3v) is 6.75. The smallest absolute Gasteiger partial charge is 0.255 e. The zero-order valence-electron chi connectivity index (χ0n) is 21.5. The number of H-pyrrole nitrogens is 1. The minimum Gasteiger partial charge on any atom is -0.388 e. The van der Waals surface area contributed by atoms with Crippen molar-refractivity contribution in [3.8, 4) is 11.3 Å². The molecular weight excluding hydrogens is 563 g/mol. The molecule has 1 unspecified atom stereocenters. The Kier molecular flexibility index (Phi) is 8.19. The zero-order chi connectivity index (χ0) is 28.9. The first kappa shape index (κ1) is 27.7. The Morgan fingerprint density at radius 2 is 1.85 bits per heavy atom. The summed E-state index contributed by atoms with van der Waals surface area (Å²) in [6.07, 6.45) is 4.54. The molecule has 0 aliphatic rings. The summed E-state index contributed by atoms with van der Waals surface area (Å²) in [6, 6.07) is 21.6. The van der Waals surface area contributed by atoms with Crippen LogP contribution >= 0.6 is 23.2 Å². The van der Waals surface area contributed by atoms with Gasteiger partial charge in [0.25, 0.3) is 11.1 Å². The number of carbonyl (C=O) groups is 1. The van der Waals surface area contributed by atoms with Gasteiger partial charge in [-0.25, -0.2) is 4.98 Å². The number of nitrogens with zero attached hydrogens (tertiary/aromatic N) is 2. The zero-order valence-corrected chi connectivity index (χ0v) is 23.0. The maximum absolute atomic E-state index is 13.7. The molecule has 0 radical (unpaired) electrons. The lowest BCUT2D eigenvalue weighted by molar-refractivity contribution is -0.119. The van der Waals surface area contributed by atoms with Gasteiger partial charge in [-0.15, -0.1) is 0 Å². The van der Waals surface area contributed by atoms with E-state index in [2.05, 4.69) is 20.6 Å². The summed E-state index contributed by atoms with van der Waals surface area (Å²) in [7, 11) is 0. The summed E-state index contributed by atoms with van der Waals surface area (Å²) in [5, 5.41) is 7.53. The number of pyridine rings is 1. The number of halogens is 2. The first-order valence-corrected chi connectivity index (χ1v) is 13.3. The van der Waals surface area contributed by atoms with Gasteiger partial charge in [-0.05, 0) is 53.4 Å². The van der Waals surface area contributed by atoms with Gasteiger partial charge in [-0.2, -0.15) is 0 Å². The first-order valence-electron chi connectivity index (χ1n) is 12.5. The SMILES string of the molecule is N/C(Cl)=C\Nc1ccc(Cl)cc1-c1cc(=O)n(C(Cc2ccccc2)C(=O)Nc2ccc3c(=O)[nH]ccc3c2)cn1. The average Bonchev–Trinajstić information content (AvgIpc) is 2.96. The molecular formula is C30H24Cl2N6O3. The van der Waals surface area contributed by atoms with Gasteiger partial charge in [-0.1, -0.05) is 53.5 Å². The third kappa shape index (κ3) is 6.49. The largest absolute Gasteiger partial charge is 0.388 e. The molecule has 0 aliphatic heterocycles. The van der Waals surface area contributed by atoms with Crippen molar-refractivity contribution in [3.63, 3.8) is 0 Å². The van der Waals surface area contributed by atoms with E-state index in [1.165, 1.54) is 23.2 Å². The summed E-state index contributed by atoms with van der Waals surface area (Å²) in [5.41, 5.74) is 7.70. The van der Waals surface area contributed by atoms with Gasteiger partial charge in [-0.3, -0.25) is 19.0 Å². The number of nitrogens with one attached hydrogen (secondary N) is 3. The molecule has 9 nitrogen and oxygen atoms in total. The number of amides is 1. The molecule has 0 saturated carbocycles. The Morgan fingerprint density at radius 1 is 1.05 bits per heavy atom. The van der Waals surface area contributed by atoms with E-state index in [9.17, 15) is 14.4 Å². The predicted molar refractivity (Wildman–Crippen MR) is 163 cm³/mol. The second-order valence-corrected chi connectivity index (χ2v) is 10.1. The first-order chi connectivity index (χ1) is 19.8. The van der Waals surface area contributed by atoms with Crippen LogP contribution < -0.4 is 27.5 Å². The van der Waals surface area contributed by atoms with E-state index >= 15 is 0 Å². The standard InChI is InChI=1S/C30H24Cl2N6O3/c31-20-6-9-24(35-16-27(32)33)23(14-20)25-15-28(39)38(17-36-25)26(12-18-4-2-1-3-5-18)30(41)37-21-7-8-22-19(13-21)10-11-34-29(22)40/h1-11,13-17,26,35H,12,33H2,(H,34,40)(H,37,41)/b27-16-. The number of nitrogens with two attached hydrogens (primary N) is 1. The Bertz CT molecular complexity index is 1880. The fourth-order valence-electron chi connectivity index (χ4n) is 4.44. The van der Waals surface area contributed by atoms with Gasteiger partial charge >= 0.3 is 0 Å².